The van der Waals surface area contributed by atoms with E-state index in [9.17, 15) is 9.90 Å². The van der Waals surface area contributed by atoms with E-state index < -0.39 is 6.10 Å². The van der Waals surface area contributed by atoms with E-state index in [-0.39, 0.29) is 24.3 Å². The van der Waals surface area contributed by atoms with E-state index in [2.05, 4.69) is 5.32 Å². The molecule has 21 heavy (non-hydrogen) atoms. The molecule has 3 unspecified atom stereocenters. The summed E-state index contributed by atoms with van der Waals surface area (Å²) in [6.45, 7) is 0.735. The first-order chi connectivity index (χ1) is 10.0. The SMILES string of the molecule is COCC(O)CCNC(=O)C1CC1c1ccc(Cl)c(Cl)c1. The van der Waals surface area contributed by atoms with E-state index in [1.807, 2.05) is 12.1 Å². The van der Waals surface area contributed by atoms with Crippen LogP contribution in [-0.2, 0) is 9.53 Å². The second kappa shape index (κ2) is 7.45. The Morgan fingerprint density at radius 2 is 2.24 bits per heavy atom. The molecule has 1 aromatic carbocycles. The van der Waals surface area contributed by atoms with Crippen molar-refractivity contribution in [3.8, 4) is 0 Å². The first-order valence-electron chi connectivity index (χ1n) is 6.92. The van der Waals surface area contributed by atoms with Gasteiger partial charge in [0.2, 0.25) is 5.91 Å². The molecule has 0 aromatic heterocycles. The average molecular weight is 332 g/mol. The highest BCUT2D eigenvalue weighted by molar-refractivity contribution is 6.42. The number of ether oxygens (including phenoxy) is 1. The molecular formula is C15H19Cl2NO3. The Labute approximate surface area is 134 Å². The second-order valence-electron chi connectivity index (χ2n) is 5.31. The summed E-state index contributed by atoms with van der Waals surface area (Å²) in [7, 11) is 1.54. The maximum Gasteiger partial charge on any atom is 0.223 e. The molecule has 0 radical (unpaired) electrons. The van der Waals surface area contributed by atoms with Crippen molar-refractivity contribution in [2.45, 2.75) is 24.9 Å². The third kappa shape index (κ3) is 4.58. The molecule has 1 aliphatic carbocycles. The Kier molecular flexibility index (Phi) is 5.88. The molecule has 1 aromatic rings. The fourth-order valence-electron chi connectivity index (χ4n) is 2.36. The number of aliphatic hydroxyl groups is 1. The summed E-state index contributed by atoms with van der Waals surface area (Å²) in [5.41, 5.74) is 1.05. The third-order valence-corrected chi connectivity index (χ3v) is 4.37. The van der Waals surface area contributed by atoms with Crippen molar-refractivity contribution >= 4 is 29.1 Å². The molecule has 2 N–H and O–H groups in total. The molecule has 4 nitrogen and oxygen atoms in total. The van der Waals surface area contributed by atoms with Crippen molar-refractivity contribution in [2.75, 3.05) is 20.3 Å². The molecule has 0 spiro atoms. The number of aliphatic hydroxyl groups excluding tert-OH is 1. The number of halogens is 2. The molecule has 0 aliphatic heterocycles. The topological polar surface area (TPSA) is 58.6 Å². The molecule has 0 heterocycles. The van der Waals surface area contributed by atoms with Crippen LogP contribution in [0.5, 0.6) is 0 Å². The Morgan fingerprint density at radius 3 is 2.90 bits per heavy atom. The zero-order valence-corrected chi connectivity index (χ0v) is 13.3. The monoisotopic (exact) mass is 331 g/mol. The summed E-state index contributed by atoms with van der Waals surface area (Å²) in [5.74, 6) is 0.223. The zero-order valence-electron chi connectivity index (χ0n) is 11.8. The van der Waals surface area contributed by atoms with Gasteiger partial charge in [-0.1, -0.05) is 29.3 Å². The lowest BCUT2D eigenvalue weighted by atomic mass is 10.1. The van der Waals surface area contributed by atoms with Crippen LogP contribution in [0.15, 0.2) is 18.2 Å². The molecule has 3 atom stereocenters. The van der Waals surface area contributed by atoms with Gasteiger partial charge >= 0.3 is 0 Å². The Bertz CT molecular complexity index is 510. The van der Waals surface area contributed by atoms with Crippen LogP contribution in [0, 0.1) is 5.92 Å². The Morgan fingerprint density at radius 1 is 1.48 bits per heavy atom. The van der Waals surface area contributed by atoms with E-state index in [1.54, 1.807) is 6.07 Å². The number of carbonyl (C=O) groups is 1. The van der Waals surface area contributed by atoms with Gasteiger partial charge in [0.25, 0.3) is 0 Å². The van der Waals surface area contributed by atoms with Gasteiger partial charge in [-0.15, -0.1) is 0 Å². The highest BCUT2D eigenvalue weighted by Crippen LogP contribution is 2.48. The predicted molar refractivity (Wildman–Crippen MR) is 82.8 cm³/mol. The van der Waals surface area contributed by atoms with Gasteiger partial charge in [-0.2, -0.15) is 0 Å². The number of hydrogen-bond acceptors (Lipinski definition) is 3. The number of carbonyl (C=O) groups excluding carboxylic acids is 1. The van der Waals surface area contributed by atoms with Crippen LogP contribution in [0.2, 0.25) is 10.0 Å². The average Bonchev–Trinajstić information content (AvgIpc) is 3.22. The van der Waals surface area contributed by atoms with Crippen molar-refractivity contribution in [1.82, 2.24) is 5.32 Å². The van der Waals surface area contributed by atoms with E-state index in [1.165, 1.54) is 7.11 Å². The smallest absolute Gasteiger partial charge is 0.223 e. The van der Waals surface area contributed by atoms with Crippen molar-refractivity contribution in [3.05, 3.63) is 33.8 Å². The fourth-order valence-corrected chi connectivity index (χ4v) is 2.67. The van der Waals surface area contributed by atoms with Crippen molar-refractivity contribution in [3.63, 3.8) is 0 Å². The third-order valence-electron chi connectivity index (χ3n) is 3.63. The van der Waals surface area contributed by atoms with Gasteiger partial charge in [-0.3, -0.25) is 4.79 Å². The first kappa shape index (κ1) is 16.6. The lowest BCUT2D eigenvalue weighted by Crippen LogP contribution is -2.29. The Balaban J connectivity index is 1.77. The van der Waals surface area contributed by atoms with Crippen LogP contribution in [0.25, 0.3) is 0 Å². The number of amides is 1. The molecule has 0 saturated heterocycles. The fraction of sp³-hybridized carbons (Fsp3) is 0.533. The lowest BCUT2D eigenvalue weighted by Gasteiger charge is -2.10. The van der Waals surface area contributed by atoms with E-state index >= 15 is 0 Å². The second-order valence-corrected chi connectivity index (χ2v) is 6.13. The normalized spacial score (nSPS) is 21.9. The van der Waals surface area contributed by atoms with Gasteiger partial charge in [-0.05, 0) is 36.5 Å². The minimum Gasteiger partial charge on any atom is -0.391 e. The molecule has 6 heteroatoms. The van der Waals surface area contributed by atoms with Crippen molar-refractivity contribution < 1.29 is 14.6 Å². The van der Waals surface area contributed by atoms with Crippen molar-refractivity contribution in [2.24, 2.45) is 5.92 Å². The molecule has 1 saturated carbocycles. The number of nitrogens with one attached hydrogen (secondary N) is 1. The van der Waals surface area contributed by atoms with E-state index in [4.69, 9.17) is 27.9 Å². The molecule has 1 fully saturated rings. The van der Waals surface area contributed by atoms with Crippen molar-refractivity contribution in [1.29, 1.82) is 0 Å². The van der Waals surface area contributed by atoms with Crippen LogP contribution >= 0.6 is 23.2 Å². The van der Waals surface area contributed by atoms with Gasteiger partial charge in [0.15, 0.2) is 0 Å². The van der Waals surface area contributed by atoms with Crippen LogP contribution in [0.1, 0.15) is 24.3 Å². The first-order valence-corrected chi connectivity index (χ1v) is 7.68. The molecule has 0 bridgehead atoms. The quantitative estimate of drug-likeness (QED) is 0.807. The summed E-state index contributed by atoms with van der Waals surface area (Å²) in [5, 5.41) is 13.4. The minimum atomic E-state index is -0.541. The minimum absolute atomic E-state index is 0.0122. The van der Waals surface area contributed by atoms with Gasteiger partial charge < -0.3 is 15.2 Å². The highest BCUT2D eigenvalue weighted by Gasteiger charge is 2.43. The lowest BCUT2D eigenvalue weighted by molar-refractivity contribution is -0.122. The highest BCUT2D eigenvalue weighted by atomic mass is 35.5. The zero-order chi connectivity index (χ0) is 15.4. The molecular weight excluding hydrogens is 313 g/mol. The van der Waals surface area contributed by atoms with E-state index in [0.29, 0.717) is 23.0 Å². The van der Waals surface area contributed by atoms with Crippen LogP contribution < -0.4 is 5.32 Å². The molecule has 116 valence electrons. The maximum atomic E-state index is 12.0. The van der Waals surface area contributed by atoms with Crippen LogP contribution in [0.4, 0.5) is 0 Å². The number of rotatable bonds is 7. The van der Waals surface area contributed by atoms with Crippen LogP contribution in [0.3, 0.4) is 0 Å². The summed E-state index contributed by atoms with van der Waals surface area (Å²) < 4.78 is 4.83. The largest absolute Gasteiger partial charge is 0.391 e. The maximum absolute atomic E-state index is 12.0. The summed E-state index contributed by atoms with van der Waals surface area (Å²) >= 11 is 11.9. The summed E-state index contributed by atoms with van der Waals surface area (Å²) in [6.07, 6.45) is 0.772. The Hall–Kier alpha value is -0.810. The van der Waals surface area contributed by atoms with Gasteiger partial charge in [-0.25, -0.2) is 0 Å². The molecule has 1 aliphatic rings. The number of methoxy groups -OCH3 is 1. The van der Waals surface area contributed by atoms with Gasteiger partial charge in [0, 0.05) is 19.6 Å². The summed E-state index contributed by atoms with van der Waals surface area (Å²) in [6, 6.07) is 5.49. The summed E-state index contributed by atoms with van der Waals surface area (Å²) in [4.78, 5) is 12.0. The standard InChI is InChI=1S/C15H19Cl2NO3/c1-21-8-10(19)4-5-18-15(20)12-7-11(12)9-2-3-13(16)14(17)6-9/h2-3,6,10-12,19H,4-5,7-8H2,1H3,(H,18,20). The number of hydrogen-bond donors (Lipinski definition) is 2. The van der Waals surface area contributed by atoms with Crippen LogP contribution in [-0.4, -0.2) is 37.4 Å². The van der Waals surface area contributed by atoms with Gasteiger partial charge in [0.05, 0.1) is 22.8 Å². The van der Waals surface area contributed by atoms with E-state index in [0.717, 1.165) is 12.0 Å². The predicted octanol–water partition coefficient (Wildman–Crippen LogP) is 2.61. The molecule has 1 amide bonds. The van der Waals surface area contributed by atoms with Gasteiger partial charge in [0.1, 0.15) is 0 Å². The number of benzene rings is 1. The molecule has 2 rings (SSSR count).